The summed E-state index contributed by atoms with van der Waals surface area (Å²) in [5.41, 5.74) is 3.77. The molecule has 0 aliphatic carbocycles. The number of nitrogens with zero attached hydrogens (tertiary/aromatic N) is 1. The average molecular weight is 308 g/mol. The third-order valence-corrected chi connectivity index (χ3v) is 4.13. The molecule has 21 heavy (non-hydrogen) atoms. The van der Waals surface area contributed by atoms with E-state index in [-0.39, 0.29) is 10.8 Å². The highest BCUT2D eigenvalue weighted by atomic mass is 32.2. The Morgan fingerprint density at radius 3 is 2.62 bits per heavy atom. The van der Waals surface area contributed by atoms with Crippen molar-refractivity contribution in [2.75, 3.05) is 13.4 Å². The topological polar surface area (TPSA) is 84.8 Å². The van der Waals surface area contributed by atoms with Crippen LogP contribution in [0.5, 0.6) is 5.75 Å². The maximum Gasteiger partial charge on any atom is 0.240 e. The Balaban J connectivity index is 2.32. The molecule has 0 radical (unpaired) electrons. The van der Waals surface area contributed by atoms with Gasteiger partial charge in [-0.25, -0.2) is 13.8 Å². The van der Waals surface area contributed by atoms with Gasteiger partial charge in [0.15, 0.2) is 9.84 Å². The zero-order valence-corrected chi connectivity index (χ0v) is 12.6. The Morgan fingerprint density at radius 2 is 2.05 bits per heavy atom. The number of carbonyl (C=O) groups is 1. The van der Waals surface area contributed by atoms with Gasteiger partial charge in [-0.3, -0.25) is 4.79 Å². The molecular weight excluding hydrogens is 292 g/mol. The molecule has 1 N–H and O–H groups in total. The Kier molecular flexibility index (Phi) is 4.42. The van der Waals surface area contributed by atoms with Gasteiger partial charge >= 0.3 is 0 Å². The molecular formula is C14H16N2O4S. The number of hydrogen-bond donors (Lipinski definition) is 1. The molecule has 7 heteroatoms. The molecule has 0 saturated heterocycles. The highest BCUT2D eigenvalue weighted by Crippen LogP contribution is 2.24. The number of methoxy groups -OCH3 is 1. The van der Waals surface area contributed by atoms with Crippen molar-refractivity contribution in [1.29, 1.82) is 0 Å². The number of benzene rings is 1. The van der Waals surface area contributed by atoms with Crippen molar-refractivity contribution >= 4 is 27.5 Å². The number of allylic oxidation sites excluding steroid dienone is 1. The molecule has 1 aliphatic heterocycles. The number of hydrazone groups is 1. The van der Waals surface area contributed by atoms with Gasteiger partial charge in [0, 0.05) is 24.7 Å². The third kappa shape index (κ3) is 3.91. The first-order valence-corrected chi connectivity index (χ1v) is 8.21. The lowest BCUT2D eigenvalue weighted by Crippen LogP contribution is -2.24. The van der Waals surface area contributed by atoms with E-state index in [4.69, 9.17) is 4.74 Å². The summed E-state index contributed by atoms with van der Waals surface area (Å²) in [7, 11) is -1.76. The molecule has 0 atom stereocenters. The first-order valence-electron chi connectivity index (χ1n) is 6.32. The van der Waals surface area contributed by atoms with Crippen LogP contribution in [-0.2, 0) is 14.6 Å². The fourth-order valence-electron chi connectivity index (χ4n) is 1.87. The quantitative estimate of drug-likeness (QED) is 0.910. The highest BCUT2D eigenvalue weighted by Gasteiger charge is 2.11. The van der Waals surface area contributed by atoms with Crippen molar-refractivity contribution in [2.24, 2.45) is 5.10 Å². The number of sulfone groups is 1. The van der Waals surface area contributed by atoms with Crippen LogP contribution in [0.2, 0.25) is 0 Å². The summed E-state index contributed by atoms with van der Waals surface area (Å²) in [6, 6.07) is 4.66. The first kappa shape index (κ1) is 15.2. The average Bonchev–Trinajstić information content (AvgIpc) is 2.45. The Labute approximate surface area is 123 Å². The summed E-state index contributed by atoms with van der Waals surface area (Å²) in [4.78, 5) is 11.2. The number of rotatable bonds is 4. The molecule has 1 aliphatic rings. The summed E-state index contributed by atoms with van der Waals surface area (Å²) < 4.78 is 28.4. The van der Waals surface area contributed by atoms with E-state index in [2.05, 4.69) is 10.5 Å². The van der Waals surface area contributed by atoms with E-state index in [1.807, 2.05) is 0 Å². The lowest BCUT2D eigenvalue weighted by molar-refractivity contribution is -0.121. The van der Waals surface area contributed by atoms with Crippen molar-refractivity contribution in [1.82, 2.24) is 5.43 Å². The molecule has 6 nitrogen and oxygen atoms in total. The monoisotopic (exact) mass is 308 g/mol. The molecule has 0 bridgehead atoms. The predicted octanol–water partition coefficient (Wildman–Crippen LogP) is 1.38. The Morgan fingerprint density at radius 1 is 1.29 bits per heavy atom. The molecule has 112 valence electrons. The molecule has 0 unspecified atom stereocenters. The van der Waals surface area contributed by atoms with Gasteiger partial charge in [-0.15, -0.1) is 0 Å². The van der Waals surface area contributed by atoms with Gasteiger partial charge < -0.3 is 4.74 Å². The minimum Gasteiger partial charge on any atom is -0.496 e. The molecule has 2 rings (SSSR count). The van der Waals surface area contributed by atoms with Crippen LogP contribution < -0.4 is 10.2 Å². The second kappa shape index (κ2) is 6.09. The minimum atomic E-state index is -3.28. The van der Waals surface area contributed by atoms with Gasteiger partial charge in [0.1, 0.15) is 5.75 Å². The normalized spacial score (nSPS) is 15.7. The zero-order valence-electron chi connectivity index (χ0n) is 11.8. The van der Waals surface area contributed by atoms with E-state index in [9.17, 15) is 13.2 Å². The number of carbonyl (C=O) groups excluding carboxylic acids is 1. The lowest BCUT2D eigenvalue weighted by Gasteiger charge is -2.09. The number of hydrogen-bond acceptors (Lipinski definition) is 5. The fraction of sp³-hybridized carbons (Fsp3) is 0.286. The zero-order chi connectivity index (χ0) is 15.5. The van der Waals surface area contributed by atoms with Gasteiger partial charge in [-0.1, -0.05) is 0 Å². The maximum atomic E-state index is 11.6. The van der Waals surface area contributed by atoms with Crippen LogP contribution in [0.3, 0.4) is 0 Å². The second-order valence-corrected chi connectivity index (χ2v) is 6.66. The van der Waals surface area contributed by atoms with Crippen LogP contribution in [0.4, 0.5) is 0 Å². The molecule has 0 aromatic heterocycles. The fourth-order valence-corrected chi connectivity index (χ4v) is 2.52. The number of ether oxygens (including phenoxy) is 1. The summed E-state index contributed by atoms with van der Waals surface area (Å²) in [6.45, 7) is 0. The number of nitrogens with one attached hydrogen (secondary N) is 1. The minimum absolute atomic E-state index is 0.108. The first-order chi connectivity index (χ1) is 9.90. The Bertz CT molecular complexity index is 720. The SMILES string of the molecule is COc1ccc(S(C)(=O)=O)cc1C=CC1=NNC(=O)CC1. The summed E-state index contributed by atoms with van der Waals surface area (Å²) in [6.07, 6.45) is 5.57. The van der Waals surface area contributed by atoms with E-state index >= 15 is 0 Å². The van der Waals surface area contributed by atoms with Crippen molar-refractivity contribution in [3.63, 3.8) is 0 Å². The predicted molar refractivity (Wildman–Crippen MR) is 79.9 cm³/mol. The second-order valence-electron chi connectivity index (χ2n) is 4.65. The summed E-state index contributed by atoms with van der Waals surface area (Å²) in [5.74, 6) is 0.461. The van der Waals surface area contributed by atoms with Crippen LogP contribution in [0.25, 0.3) is 6.08 Å². The number of amides is 1. The molecule has 0 fully saturated rings. The van der Waals surface area contributed by atoms with Crippen LogP contribution >= 0.6 is 0 Å². The van der Waals surface area contributed by atoms with Crippen LogP contribution in [-0.4, -0.2) is 33.4 Å². The highest BCUT2D eigenvalue weighted by molar-refractivity contribution is 7.90. The van der Waals surface area contributed by atoms with E-state index < -0.39 is 9.84 Å². The summed E-state index contributed by atoms with van der Waals surface area (Å²) in [5, 5.41) is 3.92. The van der Waals surface area contributed by atoms with Crippen molar-refractivity contribution in [3.05, 3.63) is 29.8 Å². The molecule has 0 spiro atoms. The standard InChI is InChI=1S/C14H16N2O4S/c1-20-13-7-6-12(21(2,18)19)9-10(13)3-4-11-5-8-14(17)16-15-11/h3-4,6-7,9H,5,8H2,1-2H3,(H,16,17). The van der Waals surface area contributed by atoms with Crippen molar-refractivity contribution < 1.29 is 17.9 Å². The molecule has 1 heterocycles. The van der Waals surface area contributed by atoms with Crippen LogP contribution in [0.15, 0.2) is 34.3 Å². The summed E-state index contributed by atoms with van der Waals surface area (Å²) >= 11 is 0. The lowest BCUT2D eigenvalue weighted by atomic mass is 10.1. The molecule has 0 saturated carbocycles. The molecule has 1 aromatic carbocycles. The smallest absolute Gasteiger partial charge is 0.240 e. The van der Waals surface area contributed by atoms with Crippen molar-refractivity contribution in [2.45, 2.75) is 17.7 Å². The van der Waals surface area contributed by atoms with Crippen LogP contribution in [0.1, 0.15) is 18.4 Å². The van der Waals surface area contributed by atoms with Gasteiger partial charge in [-0.2, -0.15) is 5.10 Å². The van der Waals surface area contributed by atoms with E-state index in [1.165, 1.54) is 13.2 Å². The molecule has 1 aromatic rings. The van der Waals surface area contributed by atoms with Crippen LogP contribution in [0, 0.1) is 0 Å². The van der Waals surface area contributed by atoms with E-state index in [1.54, 1.807) is 24.3 Å². The Hall–Kier alpha value is -2.15. The maximum absolute atomic E-state index is 11.6. The van der Waals surface area contributed by atoms with Gasteiger partial charge in [0.2, 0.25) is 5.91 Å². The third-order valence-electron chi connectivity index (χ3n) is 3.02. The van der Waals surface area contributed by atoms with E-state index in [0.29, 0.717) is 24.2 Å². The van der Waals surface area contributed by atoms with Gasteiger partial charge in [-0.05, 0) is 30.4 Å². The van der Waals surface area contributed by atoms with Gasteiger partial charge in [0.05, 0.1) is 17.7 Å². The van der Waals surface area contributed by atoms with Gasteiger partial charge in [0.25, 0.3) is 0 Å². The van der Waals surface area contributed by atoms with Crippen molar-refractivity contribution in [3.8, 4) is 5.75 Å². The molecule has 1 amide bonds. The largest absolute Gasteiger partial charge is 0.496 e. The van der Waals surface area contributed by atoms with E-state index in [0.717, 1.165) is 12.0 Å².